The number of rotatable bonds is 9. The third-order valence-electron chi connectivity index (χ3n) is 5.45. The molecule has 162 valence electrons. The number of aliphatic hydroxyl groups is 1. The summed E-state index contributed by atoms with van der Waals surface area (Å²) in [6.45, 7) is 3.30. The van der Waals surface area contributed by atoms with E-state index in [-0.39, 0.29) is 11.7 Å². The number of nitrogens with zero attached hydrogens (tertiary/aromatic N) is 1. The van der Waals surface area contributed by atoms with Gasteiger partial charge in [0.1, 0.15) is 5.60 Å². The van der Waals surface area contributed by atoms with Gasteiger partial charge in [-0.15, -0.1) is 0 Å². The van der Waals surface area contributed by atoms with Gasteiger partial charge in [0.05, 0.1) is 41.1 Å². The van der Waals surface area contributed by atoms with Crippen LogP contribution < -0.4 is 0 Å². The summed E-state index contributed by atoms with van der Waals surface area (Å²) in [6, 6.07) is 19.1. The summed E-state index contributed by atoms with van der Waals surface area (Å²) in [4.78, 5) is 0.627. The molecule has 1 N–H and O–H groups in total. The van der Waals surface area contributed by atoms with Crippen LogP contribution in [0.5, 0.6) is 0 Å². The average molecular weight is 430 g/mol. The highest BCUT2D eigenvalue weighted by atomic mass is 32.2. The van der Waals surface area contributed by atoms with Crippen LogP contribution in [-0.2, 0) is 25.8 Å². The minimum Gasteiger partial charge on any atom is -0.498 e. The molecule has 3 atom stereocenters. The van der Waals surface area contributed by atoms with Crippen LogP contribution >= 0.6 is 0 Å². The van der Waals surface area contributed by atoms with Crippen molar-refractivity contribution in [1.82, 2.24) is 0 Å². The molecule has 0 saturated heterocycles. The van der Waals surface area contributed by atoms with Crippen LogP contribution in [0.4, 0.5) is 0 Å². The number of hydrogen-bond donors (Lipinski definition) is 1. The number of hydrogen-bond acceptors (Lipinski definition) is 5. The summed E-state index contributed by atoms with van der Waals surface area (Å²) >= 11 is 0. The summed E-state index contributed by atoms with van der Waals surface area (Å²) in [7, 11) is -1.24. The molecule has 5 nitrogen and oxygen atoms in total. The van der Waals surface area contributed by atoms with Gasteiger partial charge in [0.25, 0.3) is 0 Å². The van der Waals surface area contributed by atoms with Crippen molar-refractivity contribution in [2.45, 2.75) is 36.9 Å². The largest absolute Gasteiger partial charge is 0.498 e. The molecule has 0 aliphatic heterocycles. The maximum Gasteiger partial charge on any atom is 0.104 e. The zero-order chi connectivity index (χ0) is 21.5. The summed E-state index contributed by atoms with van der Waals surface area (Å²) in [6.07, 6.45) is 3.17. The first-order valence-electron chi connectivity index (χ1n) is 10.4. The van der Waals surface area contributed by atoms with Crippen molar-refractivity contribution >= 4 is 9.73 Å². The van der Waals surface area contributed by atoms with Crippen molar-refractivity contribution in [2.75, 3.05) is 26.0 Å². The fraction of sp³-hybridized carbons (Fsp3) is 0.417. The van der Waals surface area contributed by atoms with Crippen molar-refractivity contribution in [2.24, 2.45) is 10.3 Å². The van der Waals surface area contributed by atoms with E-state index in [2.05, 4.69) is 4.36 Å². The molecule has 2 aromatic rings. The van der Waals surface area contributed by atoms with E-state index < -0.39 is 15.3 Å². The summed E-state index contributed by atoms with van der Waals surface area (Å²) in [5.74, 6) is 0.554. The van der Waals surface area contributed by atoms with Crippen molar-refractivity contribution < 1.29 is 18.8 Å². The van der Waals surface area contributed by atoms with Crippen molar-refractivity contribution in [3.05, 3.63) is 78.1 Å². The first-order valence-corrected chi connectivity index (χ1v) is 12.0. The molecule has 0 heterocycles. The van der Waals surface area contributed by atoms with E-state index in [0.29, 0.717) is 31.1 Å². The zero-order valence-corrected chi connectivity index (χ0v) is 18.5. The maximum atomic E-state index is 13.7. The lowest BCUT2D eigenvalue weighted by Gasteiger charge is -2.38. The Morgan fingerprint density at radius 2 is 1.80 bits per heavy atom. The van der Waals surface area contributed by atoms with Gasteiger partial charge in [-0.05, 0) is 37.1 Å². The van der Waals surface area contributed by atoms with Gasteiger partial charge in [-0.25, -0.2) is 8.57 Å². The lowest BCUT2D eigenvalue weighted by atomic mass is 9.81. The Hall–Kier alpha value is -2.15. The molecule has 3 rings (SSSR count). The Kier molecular flexibility index (Phi) is 7.69. The van der Waals surface area contributed by atoms with Crippen LogP contribution in [0.3, 0.4) is 0 Å². The van der Waals surface area contributed by atoms with Gasteiger partial charge < -0.3 is 14.6 Å². The SMILES string of the molecule is CCOC1=CC(O)(C[S@@](=O)(=NC)c2ccccc2)C(COCc2ccccc2)CC1. The Morgan fingerprint density at radius 3 is 2.43 bits per heavy atom. The lowest BCUT2D eigenvalue weighted by molar-refractivity contribution is -0.0265. The standard InChI is InChI=1S/C24H31NO4S/c1-3-29-22-15-14-21(18-28-17-20-10-6-4-7-11-20)24(26,16-22)19-30(27,25-2)23-12-8-5-9-13-23/h4-13,16,21,26H,3,14-15,17-19H2,1-2H3/t21?,24?,30-/m0/s1. The van der Waals surface area contributed by atoms with E-state index in [9.17, 15) is 9.32 Å². The van der Waals surface area contributed by atoms with E-state index in [4.69, 9.17) is 9.47 Å². The van der Waals surface area contributed by atoms with Crippen molar-refractivity contribution in [1.29, 1.82) is 0 Å². The predicted octanol–water partition coefficient (Wildman–Crippen LogP) is 4.42. The molecule has 0 radical (unpaired) electrons. The van der Waals surface area contributed by atoms with Crippen LogP contribution in [0.25, 0.3) is 0 Å². The van der Waals surface area contributed by atoms with E-state index in [0.717, 1.165) is 17.7 Å². The molecule has 6 heteroatoms. The molecule has 0 saturated carbocycles. The molecule has 0 spiro atoms. The minimum atomic E-state index is -2.79. The second-order valence-corrected chi connectivity index (χ2v) is 9.96. The second kappa shape index (κ2) is 10.2. The van der Waals surface area contributed by atoms with Gasteiger partial charge in [0, 0.05) is 24.3 Å². The second-order valence-electron chi connectivity index (χ2n) is 7.55. The molecule has 30 heavy (non-hydrogen) atoms. The van der Waals surface area contributed by atoms with E-state index in [1.165, 1.54) is 0 Å². The lowest BCUT2D eigenvalue weighted by Crippen LogP contribution is -2.47. The quantitative estimate of drug-likeness (QED) is 0.641. The normalized spacial score (nSPS) is 23.3. The summed E-state index contributed by atoms with van der Waals surface area (Å²) < 4.78 is 29.6. The fourth-order valence-corrected chi connectivity index (χ4v) is 5.85. The Labute approximate surface area is 179 Å². The Morgan fingerprint density at radius 1 is 1.13 bits per heavy atom. The van der Waals surface area contributed by atoms with Gasteiger partial charge in [0.15, 0.2) is 0 Å². The highest BCUT2D eigenvalue weighted by Crippen LogP contribution is 2.36. The minimum absolute atomic E-state index is 0.0104. The molecule has 0 fully saturated rings. The molecule has 0 bridgehead atoms. The summed E-state index contributed by atoms with van der Waals surface area (Å²) in [5.41, 5.74) is -0.245. The first-order chi connectivity index (χ1) is 14.5. The van der Waals surface area contributed by atoms with Crippen molar-refractivity contribution in [3.8, 4) is 0 Å². The average Bonchev–Trinajstić information content (AvgIpc) is 2.76. The highest BCUT2D eigenvalue weighted by molar-refractivity contribution is 7.93. The first kappa shape index (κ1) is 22.5. The van der Waals surface area contributed by atoms with Crippen molar-refractivity contribution in [3.63, 3.8) is 0 Å². The van der Waals surface area contributed by atoms with Crippen LogP contribution in [-0.4, -0.2) is 40.9 Å². The zero-order valence-electron chi connectivity index (χ0n) is 17.7. The Bertz CT molecular complexity index is 952. The van der Waals surface area contributed by atoms with Crippen LogP contribution in [0.15, 0.2) is 81.8 Å². The van der Waals surface area contributed by atoms with E-state index in [1.807, 2.05) is 55.5 Å². The number of ether oxygens (including phenoxy) is 2. The molecule has 0 amide bonds. The molecular formula is C24H31NO4S. The molecule has 2 unspecified atom stereocenters. The van der Waals surface area contributed by atoms with Gasteiger partial charge in [-0.2, -0.15) is 0 Å². The number of benzene rings is 2. The van der Waals surface area contributed by atoms with Gasteiger partial charge in [-0.3, -0.25) is 0 Å². The van der Waals surface area contributed by atoms with Gasteiger partial charge in [0.2, 0.25) is 0 Å². The van der Waals surface area contributed by atoms with Gasteiger partial charge in [-0.1, -0.05) is 48.5 Å². The molecule has 1 aliphatic carbocycles. The number of allylic oxidation sites excluding steroid dienone is 1. The molecular weight excluding hydrogens is 398 g/mol. The van der Waals surface area contributed by atoms with E-state index >= 15 is 0 Å². The third-order valence-corrected chi connectivity index (χ3v) is 7.90. The smallest absolute Gasteiger partial charge is 0.104 e. The predicted molar refractivity (Wildman–Crippen MR) is 120 cm³/mol. The topological polar surface area (TPSA) is 68.1 Å². The van der Waals surface area contributed by atoms with Crippen LogP contribution in [0, 0.1) is 5.92 Å². The Balaban J connectivity index is 1.82. The van der Waals surface area contributed by atoms with E-state index in [1.54, 1.807) is 25.3 Å². The maximum absolute atomic E-state index is 13.7. The third kappa shape index (κ3) is 5.50. The van der Waals surface area contributed by atoms with Gasteiger partial charge >= 0.3 is 0 Å². The molecule has 1 aliphatic rings. The summed E-state index contributed by atoms with van der Waals surface area (Å²) in [5, 5.41) is 11.7. The van der Waals surface area contributed by atoms with Crippen LogP contribution in [0.1, 0.15) is 25.3 Å². The highest BCUT2D eigenvalue weighted by Gasteiger charge is 2.42. The fourth-order valence-electron chi connectivity index (χ4n) is 3.81. The van der Waals surface area contributed by atoms with Crippen LogP contribution in [0.2, 0.25) is 0 Å². The molecule has 0 aromatic heterocycles. The molecule has 2 aromatic carbocycles. The monoisotopic (exact) mass is 429 g/mol.